The van der Waals surface area contributed by atoms with Gasteiger partial charge in [0.05, 0.1) is 53.2 Å². The van der Waals surface area contributed by atoms with E-state index in [0.29, 0.717) is 12.3 Å². The SMILES string of the molecule is O=C(O)CC(c1ccc2c(n1)CCCN2)n1ncc2cc(OCCc3ccc4c(n3)CCCN4)ccc21. The van der Waals surface area contributed by atoms with Gasteiger partial charge in [0.1, 0.15) is 11.8 Å². The number of aliphatic carboxylic acids is 1. The van der Waals surface area contributed by atoms with Crippen molar-refractivity contribution < 1.29 is 14.6 Å². The van der Waals surface area contributed by atoms with E-state index in [2.05, 4.69) is 27.9 Å². The zero-order valence-electron chi connectivity index (χ0n) is 20.6. The van der Waals surface area contributed by atoms with Gasteiger partial charge in [0, 0.05) is 30.6 Å². The van der Waals surface area contributed by atoms with E-state index in [1.165, 1.54) is 0 Å². The summed E-state index contributed by atoms with van der Waals surface area (Å²) in [5, 5.41) is 21.9. The highest BCUT2D eigenvalue weighted by atomic mass is 16.5. The van der Waals surface area contributed by atoms with Crippen molar-refractivity contribution in [3.8, 4) is 5.75 Å². The van der Waals surface area contributed by atoms with E-state index in [-0.39, 0.29) is 6.42 Å². The molecule has 0 amide bonds. The van der Waals surface area contributed by atoms with Crippen LogP contribution in [0.4, 0.5) is 11.4 Å². The van der Waals surface area contributed by atoms with E-state index in [9.17, 15) is 9.90 Å². The van der Waals surface area contributed by atoms with Crippen molar-refractivity contribution in [1.82, 2.24) is 19.7 Å². The van der Waals surface area contributed by atoms with Crippen molar-refractivity contribution in [2.75, 3.05) is 30.3 Å². The maximum atomic E-state index is 11.8. The highest BCUT2D eigenvalue weighted by Crippen LogP contribution is 2.30. The molecule has 3 aromatic heterocycles. The molecule has 0 spiro atoms. The van der Waals surface area contributed by atoms with Crippen LogP contribution in [0.5, 0.6) is 5.75 Å². The summed E-state index contributed by atoms with van der Waals surface area (Å²) in [6.45, 7) is 2.46. The number of fused-ring (bicyclic) bond motifs is 3. The molecular weight excluding hydrogens is 468 g/mol. The average Bonchev–Trinajstić information content (AvgIpc) is 3.34. The van der Waals surface area contributed by atoms with Crippen molar-refractivity contribution in [3.05, 3.63) is 71.4 Å². The lowest BCUT2D eigenvalue weighted by Gasteiger charge is -2.21. The van der Waals surface area contributed by atoms with Crippen LogP contribution in [0, 0.1) is 0 Å². The third-order valence-electron chi connectivity index (χ3n) is 7.04. The van der Waals surface area contributed by atoms with Gasteiger partial charge in [-0.3, -0.25) is 19.4 Å². The fraction of sp³-hybridized carbons (Fsp3) is 0.357. The second kappa shape index (κ2) is 10.1. The van der Waals surface area contributed by atoms with Gasteiger partial charge in [-0.05, 0) is 68.1 Å². The van der Waals surface area contributed by atoms with Crippen LogP contribution in [0.25, 0.3) is 10.9 Å². The third kappa shape index (κ3) is 4.94. The predicted molar refractivity (Wildman–Crippen MR) is 141 cm³/mol. The van der Waals surface area contributed by atoms with E-state index in [4.69, 9.17) is 14.7 Å². The molecule has 190 valence electrons. The lowest BCUT2D eigenvalue weighted by atomic mass is 10.0. The zero-order valence-corrected chi connectivity index (χ0v) is 20.6. The van der Waals surface area contributed by atoms with Crippen LogP contribution in [-0.2, 0) is 24.1 Å². The summed E-state index contributed by atoms with van der Waals surface area (Å²) < 4.78 is 7.80. The van der Waals surface area contributed by atoms with E-state index < -0.39 is 12.0 Å². The Hall–Kier alpha value is -4.14. The van der Waals surface area contributed by atoms with E-state index in [1.807, 2.05) is 30.3 Å². The molecule has 2 aliphatic rings. The summed E-state index contributed by atoms with van der Waals surface area (Å²) in [5.74, 6) is -0.141. The van der Waals surface area contributed by atoms with Crippen molar-refractivity contribution in [1.29, 1.82) is 0 Å². The second-order valence-corrected chi connectivity index (χ2v) is 9.61. The minimum absolute atomic E-state index is 0.0997. The highest BCUT2D eigenvalue weighted by Gasteiger charge is 2.23. The van der Waals surface area contributed by atoms with Crippen LogP contribution in [0.1, 0.15) is 48.1 Å². The van der Waals surface area contributed by atoms with Gasteiger partial charge < -0.3 is 20.5 Å². The summed E-state index contributed by atoms with van der Waals surface area (Å²) in [7, 11) is 0. The number of rotatable bonds is 8. The maximum absolute atomic E-state index is 11.8. The summed E-state index contributed by atoms with van der Waals surface area (Å²) in [5.41, 5.74) is 6.87. The van der Waals surface area contributed by atoms with E-state index in [0.717, 1.165) is 90.3 Å². The largest absolute Gasteiger partial charge is 0.493 e. The van der Waals surface area contributed by atoms with Crippen LogP contribution in [-0.4, -0.2) is 50.5 Å². The van der Waals surface area contributed by atoms with Gasteiger partial charge in [-0.25, -0.2) is 0 Å². The number of hydrogen-bond donors (Lipinski definition) is 3. The first-order chi connectivity index (χ1) is 18.1. The average molecular weight is 499 g/mol. The lowest BCUT2D eigenvalue weighted by Crippen LogP contribution is -2.20. The van der Waals surface area contributed by atoms with Crippen LogP contribution in [0.15, 0.2) is 48.7 Å². The number of carboxylic acid groups (broad SMARTS) is 1. The van der Waals surface area contributed by atoms with Crippen LogP contribution < -0.4 is 15.4 Å². The number of nitrogens with zero attached hydrogens (tertiary/aromatic N) is 4. The molecule has 0 fully saturated rings. The number of anilines is 2. The van der Waals surface area contributed by atoms with Crippen LogP contribution in [0.3, 0.4) is 0 Å². The standard InChI is InChI=1S/C28H30N6O3/c35-28(36)16-27(25-9-8-22-24(33-25)4-2-13-30-22)34-26-10-6-20(15-18(26)17-31-34)37-14-11-19-5-7-21-23(32-19)3-1-12-29-21/h5-10,15,17,27,29-30H,1-4,11-14,16H2,(H,35,36). The van der Waals surface area contributed by atoms with Crippen molar-refractivity contribution in [3.63, 3.8) is 0 Å². The molecule has 5 heterocycles. The normalized spacial score (nSPS) is 15.2. The monoisotopic (exact) mass is 498 g/mol. The minimum Gasteiger partial charge on any atom is -0.493 e. The molecule has 0 saturated carbocycles. The van der Waals surface area contributed by atoms with Crippen LogP contribution in [0.2, 0.25) is 0 Å². The molecule has 9 heteroatoms. The van der Waals surface area contributed by atoms with Gasteiger partial charge in [0.2, 0.25) is 0 Å². The molecule has 0 bridgehead atoms. The first-order valence-corrected chi connectivity index (χ1v) is 12.9. The molecule has 9 nitrogen and oxygen atoms in total. The second-order valence-electron chi connectivity index (χ2n) is 9.61. The third-order valence-corrected chi connectivity index (χ3v) is 7.04. The molecule has 0 saturated heterocycles. The van der Waals surface area contributed by atoms with Crippen LogP contribution >= 0.6 is 0 Å². The summed E-state index contributed by atoms with van der Waals surface area (Å²) in [6.07, 6.45) is 6.41. The number of carbonyl (C=O) groups is 1. The first kappa shape index (κ1) is 23.3. The number of benzene rings is 1. The molecule has 0 radical (unpaired) electrons. The Morgan fingerprint density at radius 2 is 1.76 bits per heavy atom. The van der Waals surface area contributed by atoms with Crippen molar-refractivity contribution >= 4 is 28.2 Å². The Kier molecular flexibility index (Phi) is 6.34. The lowest BCUT2D eigenvalue weighted by molar-refractivity contribution is -0.137. The Balaban J connectivity index is 1.19. The number of nitrogens with one attached hydrogen (secondary N) is 2. The van der Waals surface area contributed by atoms with Gasteiger partial charge in [-0.1, -0.05) is 0 Å². The quantitative estimate of drug-likeness (QED) is 0.331. The molecule has 1 atom stereocenters. The maximum Gasteiger partial charge on any atom is 0.305 e. The number of carboxylic acids is 1. The topological polar surface area (TPSA) is 114 Å². The smallest absolute Gasteiger partial charge is 0.305 e. The Labute approximate surface area is 214 Å². The van der Waals surface area contributed by atoms with E-state index >= 15 is 0 Å². The van der Waals surface area contributed by atoms with Gasteiger partial charge in [0.25, 0.3) is 0 Å². The molecule has 6 rings (SSSR count). The first-order valence-electron chi connectivity index (χ1n) is 12.9. The number of aromatic nitrogens is 4. The fourth-order valence-corrected chi connectivity index (χ4v) is 5.18. The summed E-state index contributed by atoms with van der Waals surface area (Å²) >= 11 is 0. The van der Waals surface area contributed by atoms with Crippen molar-refractivity contribution in [2.45, 2.75) is 44.6 Å². The Morgan fingerprint density at radius 3 is 2.54 bits per heavy atom. The molecule has 2 aliphatic heterocycles. The number of ether oxygens (including phenoxy) is 1. The minimum atomic E-state index is -0.891. The predicted octanol–water partition coefficient (Wildman–Crippen LogP) is 4.23. The molecule has 37 heavy (non-hydrogen) atoms. The molecular formula is C28H30N6O3. The molecule has 1 unspecified atom stereocenters. The fourth-order valence-electron chi connectivity index (χ4n) is 5.18. The number of aryl methyl sites for hydroxylation is 2. The van der Waals surface area contributed by atoms with Gasteiger partial charge in [-0.2, -0.15) is 5.10 Å². The molecule has 3 N–H and O–H groups in total. The van der Waals surface area contributed by atoms with Gasteiger partial charge >= 0.3 is 5.97 Å². The van der Waals surface area contributed by atoms with Crippen molar-refractivity contribution in [2.24, 2.45) is 0 Å². The zero-order chi connectivity index (χ0) is 25.2. The summed E-state index contributed by atoms with van der Waals surface area (Å²) in [4.78, 5) is 21.4. The number of hydrogen-bond acceptors (Lipinski definition) is 7. The molecule has 1 aromatic carbocycles. The number of pyridine rings is 2. The van der Waals surface area contributed by atoms with Gasteiger partial charge in [0.15, 0.2) is 0 Å². The summed E-state index contributed by atoms with van der Waals surface area (Å²) in [6, 6.07) is 13.4. The molecule has 4 aromatic rings. The Bertz CT molecular complexity index is 1450. The van der Waals surface area contributed by atoms with E-state index in [1.54, 1.807) is 10.9 Å². The highest BCUT2D eigenvalue weighted by molar-refractivity contribution is 5.81. The van der Waals surface area contributed by atoms with Gasteiger partial charge in [-0.15, -0.1) is 0 Å². The Morgan fingerprint density at radius 1 is 1.00 bits per heavy atom. The molecule has 0 aliphatic carbocycles.